The van der Waals surface area contributed by atoms with Gasteiger partial charge in [-0.25, -0.2) is 9.78 Å². The first-order chi connectivity index (χ1) is 8.27. The molecule has 0 saturated carbocycles. The van der Waals surface area contributed by atoms with Crippen molar-refractivity contribution in [1.29, 1.82) is 0 Å². The SMILES string of the molecule is O=C(O)c1cccnc1NCc1ccncc1. The fourth-order valence-electron chi connectivity index (χ4n) is 1.41. The Kier molecular flexibility index (Phi) is 3.30. The fraction of sp³-hybridized carbons (Fsp3) is 0.0833. The van der Waals surface area contributed by atoms with Gasteiger partial charge in [0.2, 0.25) is 0 Å². The second-order valence-electron chi connectivity index (χ2n) is 3.41. The van der Waals surface area contributed by atoms with Gasteiger partial charge in [-0.15, -0.1) is 0 Å². The standard InChI is InChI=1S/C12H11N3O2/c16-12(17)10-2-1-5-14-11(10)15-8-9-3-6-13-7-4-9/h1-7H,8H2,(H,14,15)(H,16,17). The van der Waals surface area contributed by atoms with Crippen LogP contribution in [0.2, 0.25) is 0 Å². The maximum Gasteiger partial charge on any atom is 0.339 e. The molecule has 0 aliphatic rings. The summed E-state index contributed by atoms with van der Waals surface area (Å²) in [5, 5.41) is 12.0. The largest absolute Gasteiger partial charge is 0.478 e. The van der Waals surface area contributed by atoms with E-state index in [0.717, 1.165) is 5.56 Å². The van der Waals surface area contributed by atoms with Gasteiger partial charge in [0.15, 0.2) is 0 Å². The second kappa shape index (κ2) is 5.07. The summed E-state index contributed by atoms with van der Waals surface area (Å²) >= 11 is 0. The number of pyridine rings is 2. The molecule has 17 heavy (non-hydrogen) atoms. The third-order valence-electron chi connectivity index (χ3n) is 2.25. The quantitative estimate of drug-likeness (QED) is 0.835. The number of hydrogen-bond acceptors (Lipinski definition) is 4. The normalized spacial score (nSPS) is 9.88. The van der Waals surface area contributed by atoms with Gasteiger partial charge < -0.3 is 10.4 Å². The molecule has 5 nitrogen and oxygen atoms in total. The van der Waals surface area contributed by atoms with Crippen molar-refractivity contribution in [2.24, 2.45) is 0 Å². The summed E-state index contributed by atoms with van der Waals surface area (Å²) in [7, 11) is 0. The molecular weight excluding hydrogens is 218 g/mol. The molecule has 0 aliphatic carbocycles. The Bertz CT molecular complexity index is 514. The van der Waals surface area contributed by atoms with E-state index in [1.165, 1.54) is 6.07 Å². The lowest BCUT2D eigenvalue weighted by atomic mass is 10.2. The van der Waals surface area contributed by atoms with E-state index in [4.69, 9.17) is 5.11 Å². The number of nitrogens with zero attached hydrogens (tertiary/aromatic N) is 2. The zero-order chi connectivity index (χ0) is 12.1. The van der Waals surface area contributed by atoms with E-state index in [9.17, 15) is 4.79 Å². The van der Waals surface area contributed by atoms with E-state index >= 15 is 0 Å². The summed E-state index contributed by atoms with van der Waals surface area (Å²) in [6.45, 7) is 0.514. The van der Waals surface area contributed by atoms with Crippen LogP contribution in [0.4, 0.5) is 5.82 Å². The summed E-state index contributed by atoms with van der Waals surface area (Å²) in [5.41, 5.74) is 1.18. The molecule has 0 fully saturated rings. The fourth-order valence-corrected chi connectivity index (χ4v) is 1.41. The number of hydrogen-bond donors (Lipinski definition) is 2. The van der Waals surface area contributed by atoms with Gasteiger partial charge in [-0.2, -0.15) is 0 Å². The van der Waals surface area contributed by atoms with Crippen molar-refractivity contribution in [2.45, 2.75) is 6.54 Å². The van der Waals surface area contributed by atoms with Crippen LogP contribution in [0, 0.1) is 0 Å². The highest BCUT2D eigenvalue weighted by molar-refractivity contribution is 5.92. The third-order valence-corrected chi connectivity index (χ3v) is 2.25. The van der Waals surface area contributed by atoms with E-state index in [2.05, 4.69) is 15.3 Å². The number of rotatable bonds is 4. The van der Waals surface area contributed by atoms with Crippen molar-refractivity contribution in [2.75, 3.05) is 5.32 Å². The minimum atomic E-state index is -0.990. The van der Waals surface area contributed by atoms with Crippen LogP contribution in [0.3, 0.4) is 0 Å². The average molecular weight is 229 g/mol. The lowest BCUT2D eigenvalue weighted by Crippen LogP contribution is -2.07. The molecule has 2 aromatic rings. The molecule has 0 unspecified atom stereocenters. The molecule has 0 bridgehead atoms. The summed E-state index contributed by atoms with van der Waals surface area (Å²) in [5.74, 6) is -0.618. The molecule has 86 valence electrons. The molecule has 5 heteroatoms. The van der Waals surface area contributed by atoms with Crippen molar-refractivity contribution in [3.05, 3.63) is 54.0 Å². The number of anilines is 1. The van der Waals surface area contributed by atoms with Crippen molar-refractivity contribution < 1.29 is 9.90 Å². The van der Waals surface area contributed by atoms with Crippen LogP contribution >= 0.6 is 0 Å². The molecule has 0 saturated heterocycles. The first kappa shape index (κ1) is 11.1. The van der Waals surface area contributed by atoms with Crippen molar-refractivity contribution in [1.82, 2.24) is 9.97 Å². The maximum atomic E-state index is 10.9. The number of aromatic nitrogens is 2. The first-order valence-corrected chi connectivity index (χ1v) is 5.08. The number of carboxylic acid groups (broad SMARTS) is 1. The molecule has 2 aromatic heterocycles. The van der Waals surface area contributed by atoms with Gasteiger partial charge in [0.25, 0.3) is 0 Å². The minimum absolute atomic E-state index is 0.168. The lowest BCUT2D eigenvalue weighted by molar-refractivity contribution is 0.0697. The molecule has 2 rings (SSSR count). The molecular formula is C12H11N3O2. The van der Waals surface area contributed by atoms with Crippen LogP contribution in [-0.4, -0.2) is 21.0 Å². The lowest BCUT2D eigenvalue weighted by Gasteiger charge is -2.07. The number of nitrogens with one attached hydrogen (secondary N) is 1. The van der Waals surface area contributed by atoms with Gasteiger partial charge in [0.05, 0.1) is 0 Å². The molecule has 0 spiro atoms. The predicted octanol–water partition coefficient (Wildman–Crippen LogP) is 1.79. The van der Waals surface area contributed by atoms with Crippen LogP contribution in [0.1, 0.15) is 15.9 Å². The topological polar surface area (TPSA) is 75.1 Å². The van der Waals surface area contributed by atoms with Crippen molar-refractivity contribution >= 4 is 11.8 Å². The minimum Gasteiger partial charge on any atom is -0.478 e. The number of aromatic carboxylic acids is 1. The van der Waals surface area contributed by atoms with Crippen LogP contribution in [0.15, 0.2) is 42.9 Å². The van der Waals surface area contributed by atoms with E-state index in [0.29, 0.717) is 12.4 Å². The van der Waals surface area contributed by atoms with Gasteiger partial charge in [-0.1, -0.05) is 0 Å². The Hall–Kier alpha value is -2.43. The van der Waals surface area contributed by atoms with Crippen molar-refractivity contribution in [3.8, 4) is 0 Å². The Morgan fingerprint density at radius 1 is 1.24 bits per heavy atom. The first-order valence-electron chi connectivity index (χ1n) is 5.08. The van der Waals surface area contributed by atoms with Crippen LogP contribution in [0.25, 0.3) is 0 Å². The zero-order valence-electron chi connectivity index (χ0n) is 9.00. The molecule has 0 atom stereocenters. The van der Waals surface area contributed by atoms with Crippen molar-refractivity contribution in [3.63, 3.8) is 0 Å². The zero-order valence-corrected chi connectivity index (χ0v) is 9.00. The monoisotopic (exact) mass is 229 g/mol. The van der Waals surface area contributed by atoms with Crippen LogP contribution in [-0.2, 0) is 6.54 Å². The van der Waals surface area contributed by atoms with E-state index < -0.39 is 5.97 Å². The molecule has 0 amide bonds. The molecule has 2 heterocycles. The second-order valence-corrected chi connectivity index (χ2v) is 3.41. The van der Waals surface area contributed by atoms with Gasteiger partial charge in [-0.05, 0) is 29.8 Å². The van der Waals surface area contributed by atoms with Gasteiger partial charge in [0.1, 0.15) is 11.4 Å². The number of carbonyl (C=O) groups is 1. The van der Waals surface area contributed by atoms with Crippen LogP contribution in [0.5, 0.6) is 0 Å². The Morgan fingerprint density at radius 3 is 2.71 bits per heavy atom. The van der Waals surface area contributed by atoms with E-state index in [1.54, 1.807) is 24.7 Å². The molecule has 0 radical (unpaired) electrons. The van der Waals surface area contributed by atoms with Crippen LogP contribution < -0.4 is 5.32 Å². The molecule has 0 aliphatic heterocycles. The maximum absolute atomic E-state index is 10.9. The van der Waals surface area contributed by atoms with Gasteiger partial charge in [0, 0.05) is 25.1 Å². The highest BCUT2D eigenvalue weighted by Crippen LogP contribution is 2.12. The summed E-state index contributed by atoms with van der Waals surface area (Å²) in [6.07, 6.45) is 4.93. The molecule has 0 aromatic carbocycles. The Morgan fingerprint density at radius 2 is 2.00 bits per heavy atom. The summed E-state index contributed by atoms with van der Waals surface area (Å²) in [6, 6.07) is 6.83. The van der Waals surface area contributed by atoms with E-state index in [-0.39, 0.29) is 5.56 Å². The van der Waals surface area contributed by atoms with Gasteiger partial charge in [-0.3, -0.25) is 4.98 Å². The smallest absolute Gasteiger partial charge is 0.339 e. The summed E-state index contributed by atoms with van der Waals surface area (Å²) in [4.78, 5) is 18.9. The number of carboxylic acids is 1. The highest BCUT2D eigenvalue weighted by atomic mass is 16.4. The van der Waals surface area contributed by atoms with E-state index in [1.807, 2.05) is 12.1 Å². The highest BCUT2D eigenvalue weighted by Gasteiger charge is 2.09. The Labute approximate surface area is 98.2 Å². The summed E-state index contributed by atoms with van der Waals surface area (Å²) < 4.78 is 0. The Balaban J connectivity index is 2.12. The average Bonchev–Trinajstić information content (AvgIpc) is 2.38. The molecule has 2 N–H and O–H groups in total. The third kappa shape index (κ3) is 2.78. The predicted molar refractivity (Wildman–Crippen MR) is 62.8 cm³/mol. The van der Waals surface area contributed by atoms with Gasteiger partial charge >= 0.3 is 5.97 Å².